The maximum atomic E-state index is 12.2. The molecule has 0 fully saturated rings. The molecule has 168 valence electrons. The number of carboxylic acid groups (broad SMARTS) is 1. The number of nitrogens with two attached hydrogens (primary N) is 1. The Bertz CT molecular complexity index is 839. The largest absolute Gasteiger partial charge is 0.480 e. The monoisotopic (exact) mass is 433 g/mol. The lowest BCUT2D eigenvalue weighted by atomic mass is 10.0. The van der Waals surface area contributed by atoms with Crippen LogP contribution in [0.2, 0.25) is 0 Å². The number of ether oxygens (including phenoxy) is 1. The number of amidine groups is 1. The molecule has 2 amide bonds. The maximum absolute atomic E-state index is 12.2. The van der Waals surface area contributed by atoms with E-state index in [-0.39, 0.29) is 25.4 Å². The number of unbranched alkanes of at least 4 members (excludes halogenated alkanes) is 1. The summed E-state index contributed by atoms with van der Waals surface area (Å²) in [5.41, 5.74) is 7.48. The number of carbonyl (C=O) groups excluding carboxylic acids is 2. The van der Waals surface area contributed by atoms with Crippen molar-refractivity contribution < 1.29 is 29.1 Å². The number of carbonyl (C=O) groups is 3. The normalized spacial score (nSPS) is 15.9. The summed E-state index contributed by atoms with van der Waals surface area (Å²) in [6, 6.07) is 5.63. The van der Waals surface area contributed by atoms with Gasteiger partial charge in [-0.05, 0) is 12.0 Å². The zero-order chi connectivity index (χ0) is 22.8. The number of aliphatic carboxylic acids is 1. The third-order valence-electron chi connectivity index (χ3n) is 4.50. The van der Waals surface area contributed by atoms with E-state index in [4.69, 9.17) is 20.7 Å². The van der Waals surface area contributed by atoms with Crippen molar-refractivity contribution in [2.24, 2.45) is 10.9 Å². The highest BCUT2D eigenvalue weighted by molar-refractivity contribution is 6.02. The first-order valence-corrected chi connectivity index (χ1v) is 9.90. The Labute approximate surface area is 179 Å². The standard InChI is InChI=1S/C20H27N5O6/c1-2-3-8-30-20(29)24-16(19(27)28)11-23-17(26)10-14-9-15(25-31-14)12-4-6-13(7-5-12)18(21)22/h4-7,14,16H,2-3,8-11H2,1H3,(H3,21,22)(H,23,26)(H,24,29)(H,27,28)/t14?,16-/m0/s1. The quantitative estimate of drug-likeness (QED) is 0.196. The van der Waals surface area contributed by atoms with Crippen LogP contribution in [0.5, 0.6) is 0 Å². The molecule has 2 atom stereocenters. The molecule has 0 saturated heterocycles. The van der Waals surface area contributed by atoms with Crippen LogP contribution in [0.15, 0.2) is 29.4 Å². The van der Waals surface area contributed by atoms with Crippen LogP contribution in [0.4, 0.5) is 4.79 Å². The zero-order valence-electron chi connectivity index (χ0n) is 17.2. The Morgan fingerprint density at radius 2 is 2.06 bits per heavy atom. The molecule has 31 heavy (non-hydrogen) atoms. The summed E-state index contributed by atoms with van der Waals surface area (Å²) in [4.78, 5) is 40.4. The number of benzene rings is 1. The van der Waals surface area contributed by atoms with Crippen molar-refractivity contribution in [1.29, 1.82) is 5.41 Å². The summed E-state index contributed by atoms with van der Waals surface area (Å²) in [5, 5.41) is 25.3. The smallest absolute Gasteiger partial charge is 0.407 e. The molecule has 1 unspecified atom stereocenters. The number of rotatable bonds is 11. The molecule has 2 rings (SSSR count). The molecule has 0 bridgehead atoms. The predicted octanol–water partition coefficient (Wildman–Crippen LogP) is 0.949. The molecule has 1 aromatic carbocycles. The highest BCUT2D eigenvalue weighted by atomic mass is 16.6. The van der Waals surface area contributed by atoms with Crippen molar-refractivity contribution >= 4 is 29.5 Å². The van der Waals surface area contributed by atoms with Gasteiger partial charge in [-0.3, -0.25) is 10.2 Å². The zero-order valence-corrected chi connectivity index (χ0v) is 17.2. The van der Waals surface area contributed by atoms with Crippen LogP contribution >= 0.6 is 0 Å². The Kier molecular flexibility index (Phi) is 8.79. The number of nitrogen functional groups attached to an aromatic ring is 1. The fourth-order valence-electron chi connectivity index (χ4n) is 2.74. The summed E-state index contributed by atoms with van der Waals surface area (Å²) in [6.07, 6.45) is 0.558. The van der Waals surface area contributed by atoms with Gasteiger partial charge >= 0.3 is 12.1 Å². The summed E-state index contributed by atoms with van der Waals surface area (Å²) >= 11 is 0. The van der Waals surface area contributed by atoms with E-state index in [0.717, 1.165) is 12.0 Å². The number of alkyl carbamates (subject to hydrolysis) is 1. The molecule has 0 aliphatic carbocycles. The van der Waals surface area contributed by atoms with Gasteiger partial charge in [-0.25, -0.2) is 9.59 Å². The Hall–Kier alpha value is -3.63. The SMILES string of the molecule is CCCCOC(=O)N[C@@H](CNC(=O)CC1CC(c2ccc(C(=N)N)cc2)=NO1)C(=O)O. The molecule has 1 aliphatic rings. The first-order chi connectivity index (χ1) is 14.8. The van der Waals surface area contributed by atoms with Crippen LogP contribution in [0, 0.1) is 5.41 Å². The van der Waals surface area contributed by atoms with Crippen molar-refractivity contribution in [3.8, 4) is 0 Å². The van der Waals surface area contributed by atoms with Gasteiger partial charge in [-0.2, -0.15) is 0 Å². The van der Waals surface area contributed by atoms with Crippen LogP contribution in [-0.2, 0) is 19.2 Å². The average Bonchev–Trinajstić information content (AvgIpc) is 3.19. The average molecular weight is 433 g/mol. The minimum Gasteiger partial charge on any atom is -0.480 e. The van der Waals surface area contributed by atoms with E-state index in [9.17, 15) is 19.5 Å². The van der Waals surface area contributed by atoms with Gasteiger partial charge in [-0.15, -0.1) is 0 Å². The minimum atomic E-state index is -1.31. The highest BCUT2D eigenvalue weighted by Crippen LogP contribution is 2.19. The third-order valence-corrected chi connectivity index (χ3v) is 4.50. The number of hydrogen-bond donors (Lipinski definition) is 5. The highest BCUT2D eigenvalue weighted by Gasteiger charge is 2.26. The summed E-state index contributed by atoms with van der Waals surface area (Å²) in [6.45, 7) is 1.84. The molecule has 11 nitrogen and oxygen atoms in total. The lowest BCUT2D eigenvalue weighted by Gasteiger charge is -2.16. The molecule has 11 heteroatoms. The molecular weight excluding hydrogens is 406 g/mol. The number of nitrogens with zero attached hydrogens (tertiary/aromatic N) is 1. The van der Waals surface area contributed by atoms with Gasteiger partial charge in [0, 0.05) is 18.5 Å². The number of oxime groups is 1. The van der Waals surface area contributed by atoms with Crippen molar-refractivity contribution in [3.05, 3.63) is 35.4 Å². The Morgan fingerprint density at radius 1 is 1.35 bits per heavy atom. The van der Waals surface area contributed by atoms with Gasteiger partial charge in [0.25, 0.3) is 0 Å². The van der Waals surface area contributed by atoms with Gasteiger partial charge < -0.3 is 31.0 Å². The van der Waals surface area contributed by atoms with Gasteiger partial charge in [0.2, 0.25) is 5.91 Å². The predicted molar refractivity (Wildman–Crippen MR) is 112 cm³/mol. The van der Waals surface area contributed by atoms with E-state index in [1.165, 1.54) is 0 Å². The van der Waals surface area contributed by atoms with Gasteiger partial charge in [0.1, 0.15) is 18.0 Å². The lowest BCUT2D eigenvalue weighted by molar-refractivity contribution is -0.139. The second-order valence-electron chi connectivity index (χ2n) is 6.99. The first kappa shape index (κ1) is 23.6. The Morgan fingerprint density at radius 3 is 2.68 bits per heavy atom. The number of nitrogens with one attached hydrogen (secondary N) is 3. The summed E-state index contributed by atoms with van der Waals surface area (Å²) < 4.78 is 4.87. The van der Waals surface area contributed by atoms with E-state index >= 15 is 0 Å². The number of amides is 2. The molecule has 1 aromatic rings. The fraction of sp³-hybridized carbons (Fsp3) is 0.450. The second kappa shape index (κ2) is 11.5. The summed E-state index contributed by atoms with van der Waals surface area (Å²) in [5.74, 6) is -1.75. The van der Waals surface area contributed by atoms with E-state index in [1.807, 2.05) is 6.92 Å². The maximum Gasteiger partial charge on any atom is 0.407 e. The van der Waals surface area contributed by atoms with E-state index < -0.39 is 30.1 Å². The summed E-state index contributed by atoms with van der Waals surface area (Å²) in [7, 11) is 0. The molecule has 0 spiro atoms. The topological polar surface area (TPSA) is 176 Å². The van der Waals surface area contributed by atoms with Crippen molar-refractivity contribution in [2.75, 3.05) is 13.2 Å². The molecular formula is C20H27N5O6. The fourth-order valence-corrected chi connectivity index (χ4v) is 2.74. The first-order valence-electron chi connectivity index (χ1n) is 9.90. The van der Waals surface area contributed by atoms with Gasteiger partial charge in [0.05, 0.1) is 18.7 Å². The van der Waals surface area contributed by atoms with Crippen molar-refractivity contribution in [3.63, 3.8) is 0 Å². The lowest BCUT2D eigenvalue weighted by Crippen LogP contribution is -2.48. The van der Waals surface area contributed by atoms with Crippen molar-refractivity contribution in [2.45, 2.75) is 44.8 Å². The van der Waals surface area contributed by atoms with Crippen LogP contribution in [0.3, 0.4) is 0 Å². The van der Waals surface area contributed by atoms with E-state index in [0.29, 0.717) is 24.1 Å². The molecule has 0 aromatic heterocycles. The van der Waals surface area contributed by atoms with E-state index in [2.05, 4.69) is 15.8 Å². The van der Waals surface area contributed by atoms with Crippen LogP contribution in [0.1, 0.15) is 43.7 Å². The molecule has 1 heterocycles. The van der Waals surface area contributed by atoms with Gasteiger partial charge in [0.15, 0.2) is 0 Å². The number of carboxylic acids is 1. The second-order valence-corrected chi connectivity index (χ2v) is 6.99. The molecule has 0 radical (unpaired) electrons. The Balaban J connectivity index is 1.77. The molecule has 1 aliphatic heterocycles. The van der Waals surface area contributed by atoms with Crippen molar-refractivity contribution in [1.82, 2.24) is 10.6 Å². The van der Waals surface area contributed by atoms with E-state index in [1.54, 1.807) is 24.3 Å². The third kappa shape index (κ3) is 7.61. The van der Waals surface area contributed by atoms with Crippen LogP contribution in [0.25, 0.3) is 0 Å². The van der Waals surface area contributed by atoms with Crippen LogP contribution in [-0.4, -0.2) is 59.9 Å². The molecule has 0 saturated carbocycles. The minimum absolute atomic E-state index is 0.0220. The molecule has 6 N–H and O–H groups in total. The number of hydrogen-bond acceptors (Lipinski definition) is 7. The van der Waals surface area contributed by atoms with Gasteiger partial charge in [-0.1, -0.05) is 42.8 Å². The van der Waals surface area contributed by atoms with Crippen LogP contribution < -0.4 is 16.4 Å².